The molecule has 0 bridgehead atoms. The number of likely N-dealkylation sites (tertiary alicyclic amines) is 1. The third-order valence-electron chi connectivity index (χ3n) is 11.0. The Kier molecular flexibility index (Phi) is 11.9. The highest BCUT2D eigenvalue weighted by atomic mass is 32.2. The van der Waals surface area contributed by atoms with Gasteiger partial charge in [0.25, 0.3) is 11.8 Å². The van der Waals surface area contributed by atoms with E-state index in [2.05, 4.69) is 40.9 Å². The number of piperidine rings is 2. The predicted molar refractivity (Wildman–Crippen MR) is 223 cm³/mol. The van der Waals surface area contributed by atoms with Crippen LogP contribution in [-0.2, 0) is 19.6 Å². The Morgan fingerprint density at radius 3 is 2.33 bits per heavy atom. The second-order valence-corrected chi connectivity index (χ2v) is 18.6. The molecular weight excluding hydrogens is 797 g/mol. The standard InChI is InChI=1S/C42H47F2N9O6S/c1-24-23-46-41(50-37(24)47-27-10-12-30(43)33(22-27)51-60(58,59)42(2,3)4)48-26-9-11-28(31(44)21-26)25-15-19-52(20-16-25)18-6-17-45-32-8-5-7-29-36(32)40(57)53(39(29)56)34-13-14-35(54)49-38(34)55/h5,7-12,21-23,25,34,45,51H,6,13-20H2,1-4H3,(H,49,54,55)(H2,46,47,48,50). The van der Waals surface area contributed by atoms with Crippen LogP contribution >= 0.6 is 0 Å². The molecule has 18 heteroatoms. The number of imide groups is 2. The monoisotopic (exact) mass is 843 g/mol. The van der Waals surface area contributed by atoms with Gasteiger partial charge in [0.2, 0.25) is 27.8 Å². The van der Waals surface area contributed by atoms with Crippen molar-refractivity contribution in [2.75, 3.05) is 46.9 Å². The second kappa shape index (κ2) is 16.9. The van der Waals surface area contributed by atoms with Gasteiger partial charge in [0, 0.05) is 41.8 Å². The summed E-state index contributed by atoms with van der Waals surface area (Å²) in [6.45, 7) is 9.20. The van der Waals surface area contributed by atoms with Gasteiger partial charge < -0.3 is 20.9 Å². The molecule has 4 heterocycles. The molecule has 4 amide bonds. The fraction of sp³-hybridized carbons (Fsp3) is 0.381. The molecule has 1 atom stereocenters. The number of hydrogen-bond donors (Lipinski definition) is 5. The van der Waals surface area contributed by atoms with E-state index < -0.39 is 50.3 Å². The van der Waals surface area contributed by atoms with Crippen LogP contribution in [0.2, 0.25) is 0 Å². The summed E-state index contributed by atoms with van der Waals surface area (Å²) < 4.78 is 56.6. The summed E-state index contributed by atoms with van der Waals surface area (Å²) in [5, 5.41) is 11.6. The number of halogens is 2. The van der Waals surface area contributed by atoms with Gasteiger partial charge >= 0.3 is 0 Å². The van der Waals surface area contributed by atoms with Crippen LogP contribution in [0.15, 0.2) is 60.8 Å². The molecule has 0 aliphatic carbocycles. The van der Waals surface area contributed by atoms with Crippen LogP contribution in [0.3, 0.4) is 0 Å². The Labute approximate surface area is 346 Å². The third-order valence-corrected chi connectivity index (χ3v) is 13.1. The van der Waals surface area contributed by atoms with Crippen molar-refractivity contribution in [2.45, 2.75) is 76.5 Å². The van der Waals surface area contributed by atoms with Crippen molar-refractivity contribution in [3.05, 3.63) is 94.7 Å². The summed E-state index contributed by atoms with van der Waals surface area (Å²) in [7, 11) is -3.87. The number of carbonyl (C=O) groups excluding carboxylic acids is 4. The molecule has 3 aliphatic heterocycles. The largest absolute Gasteiger partial charge is 0.384 e. The van der Waals surface area contributed by atoms with Gasteiger partial charge in [-0.2, -0.15) is 4.98 Å². The van der Waals surface area contributed by atoms with Gasteiger partial charge in [0.05, 0.1) is 21.6 Å². The fourth-order valence-electron chi connectivity index (χ4n) is 7.47. The van der Waals surface area contributed by atoms with Crippen molar-refractivity contribution < 1.29 is 36.4 Å². The number of carbonyl (C=O) groups is 4. The molecule has 60 heavy (non-hydrogen) atoms. The summed E-state index contributed by atoms with van der Waals surface area (Å²) in [6, 6.07) is 12.9. The van der Waals surface area contributed by atoms with Crippen molar-refractivity contribution in [3.8, 4) is 0 Å². The molecule has 1 aromatic heterocycles. The molecular formula is C42H47F2N9O6S. The number of amides is 4. The number of sulfonamides is 1. The zero-order valence-corrected chi connectivity index (χ0v) is 34.5. The Hall–Kier alpha value is -6.01. The van der Waals surface area contributed by atoms with Crippen LogP contribution in [0.1, 0.15) is 90.6 Å². The number of nitrogens with zero attached hydrogens (tertiary/aromatic N) is 4. The smallest absolute Gasteiger partial charge is 0.264 e. The topological polar surface area (TPSA) is 195 Å². The van der Waals surface area contributed by atoms with Gasteiger partial charge in [0.15, 0.2) is 0 Å². The third kappa shape index (κ3) is 8.94. The molecule has 2 fully saturated rings. The molecule has 3 aliphatic rings. The van der Waals surface area contributed by atoms with Crippen LogP contribution in [-0.4, -0.2) is 88.8 Å². The second-order valence-electron chi connectivity index (χ2n) is 16.2. The molecule has 5 N–H and O–H groups in total. The lowest BCUT2D eigenvalue weighted by molar-refractivity contribution is -0.136. The number of aryl methyl sites for hydroxylation is 1. The first-order valence-corrected chi connectivity index (χ1v) is 21.3. The first kappa shape index (κ1) is 42.1. The van der Waals surface area contributed by atoms with E-state index in [0.717, 1.165) is 49.9 Å². The van der Waals surface area contributed by atoms with E-state index in [1.54, 1.807) is 43.5 Å². The minimum Gasteiger partial charge on any atom is -0.384 e. The van der Waals surface area contributed by atoms with Crippen LogP contribution in [0, 0.1) is 18.6 Å². The summed E-state index contributed by atoms with van der Waals surface area (Å²) in [6.07, 6.45) is 4.02. The van der Waals surface area contributed by atoms with Crippen molar-refractivity contribution in [2.24, 2.45) is 0 Å². The maximum Gasteiger partial charge on any atom is 0.264 e. The number of anilines is 6. The van der Waals surface area contributed by atoms with E-state index in [-0.39, 0.29) is 47.3 Å². The molecule has 0 spiro atoms. The predicted octanol–water partition coefficient (Wildman–Crippen LogP) is 6.17. The van der Waals surface area contributed by atoms with E-state index in [1.807, 2.05) is 0 Å². The number of rotatable bonds is 13. The summed E-state index contributed by atoms with van der Waals surface area (Å²) in [4.78, 5) is 62.7. The zero-order chi connectivity index (χ0) is 42.9. The van der Waals surface area contributed by atoms with E-state index in [1.165, 1.54) is 39.0 Å². The lowest BCUT2D eigenvalue weighted by atomic mass is 9.89. The SMILES string of the molecule is Cc1cnc(Nc2ccc(C3CCN(CCCNc4cccc5c4C(=O)N(C4CCC(=O)NC4=O)C5=O)CC3)c(F)c2)nc1Nc1ccc(F)c(NS(=O)(=O)C(C)(C)C)c1. The van der Waals surface area contributed by atoms with Crippen molar-refractivity contribution in [1.82, 2.24) is 25.1 Å². The van der Waals surface area contributed by atoms with Crippen LogP contribution < -0.4 is 26.0 Å². The molecule has 316 valence electrons. The van der Waals surface area contributed by atoms with Crippen LogP contribution in [0.4, 0.5) is 43.3 Å². The maximum atomic E-state index is 15.6. The summed E-state index contributed by atoms with van der Waals surface area (Å²) in [5.74, 6) is -2.63. The molecule has 15 nitrogen and oxygen atoms in total. The van der Waals surface area contributed by atoms with E-state index >= 15 is 4.39 Å². The highest BCUT2D eigenvalue weighted by molar-refractivity contribution is 7.94. The quantitative estimate of drug-likeness (QED) is 0.0760. The van der Waals surface area contributed by atoms with Crippen molar-refractivity contribution in [3.63, 3.8) is 0 Å². The number of nitrogens with one attached hydrogen (secondary N) is 5. The van der Waals surface area contributed by atoms with Crippen LogP contribution in [0.5, 0.6) is 0 Å². The maximum absolute atomic E-state index is 15.6. The minimum absolute atomic E-state index is 0.0381. The molecule has 0 radical (unpaired) electrons. The van der Waals surface area contributed by atoms with E-state index in [0.29, 0.717) is 40.6 Å². The molecule has 7 rings (SSSR count). The van der Waals surface area contributed by atoms with Gasteiger partial charge in [-0.25, -0.2) is 22.2 Å². The molecule has 0 saturated carbocycles. The lowest BCUT2D eigenvalue weighted by Crippen LogP contribution is -2.54. The Bertz CT molecular complexity index is 2470. The van der Waals surface area contributed by atoms with Gasteiger partial charge in [0.1, 0.15) is 23.5 Å². The number of fused-ring (bicyclic) bond motifs is 1. The number of hydrogen-bond acceptors (Lipinski definition) is 12. The van der Waals surface area contributed by atoms with E-state index in [4.69, 9.17) is 0 Å². The van der Waals surface area contributed by atoms with Crippen LogP contribution in [0.25, 0.3) is 0 Å². The fourth-order valence-corrected chi connectivity index (χ4v) is 8.22. The highest BCUT2D eigenvalue weighted by Gasteiger charge is 2.45. The number of benzene rings is 3. The first-order valence-electron chi connectivity index (χ1n) is 19.8. The van der Waals surface area contributed by atoms with E-state index in [9.17, 15) is 32.0 Å². The normalized spacial score (nSPS) is 17.7. The lowest BCUT2D eigenvalue weighted by Gasteiger charge is -2.32. The first-order chi connectivity index (χ1) is 28.5. The Morgan fingerprint density at radius 2 is 1.62 bits per heavy atom. The molecule has 1 unspecified atom stereocenters. The van der Waals surface area contributed by atoms with Gasteiger partial charge in [-0.05, 0) is 127 Å². The average Bonchev–Trinajstić information content (AvgIpc) is 3.45. The molecule has 2 saturated heterocycles. The minimum atomic E-state index is -3.87. The molecule has 3 aromatic carbocycles. The highest BCUT2D eigenvalue weighted by Crippen LogP contribution is 2.34. The summed E-state index contributed by atoms with van der Waals surface area (Å²) in [5.41, 5.74) is 2.91. The summed E-state index contributed by atoms with van der Waals surface area (Å²) >= 11 is 0. The number of aromatic nitrogens is 2. The van der Waals surface area contributed by atoms with Crippen molar-refractivity contribution >= 4 is 68.2 Å². The van der Waals surface area contributed by atoms with Gasteiger partial charge in [-0.1, -0.05) is 12.1 Å². The van der Waals surface area contributed by atoms with Gasteiger partial charge in [-0.3, -0.25) is 34.1 Å². The Morgan fingerprint density at radius 1 is 0.883 bits per heavy atom. The van der Waals surface area contributed by atoms with Crippen molar-refractivity contribution in [1.29, 1.82) is 0 Å². The van der Waals surface area contributed by atoms with Gasteiger partial charge in [-0.15, -0.1) is 0 Å². The zero-order valence-electron chi connectivity index (χ0n) is 33.7. The Balaban J connectivity index is 0.898. The average molecular weight is 844 g/mol. The molecule has 4 aromatic rings.